The molecule has 0 atom stereocenters. The summed E-state index contributed by atoms with van der Waals surface area (Å²) in [7, 11) is 0. The molecule has 0 aliphatic carbocycles. The molecule has 100 valence electrons. The molecule has 0 saturated heterocycles. The molecule has 0 N–H and O–H groups in total. The summed E-state index contributed by atoms with van der Waals surface area (Å²) in [5.41, 5.74) is 1.44. The van der Waals surface area contributed by atoms with E-state index < -0.39 is 4.92 Å². The number of ketones is 1. The topological polar surface area (TPSA) is 77.3 Å². The second-order valence-electron chi connectivity index (χ2n) is 4.22. The van der Waals surface area contributed by atoms with Crippen molar-refractivity contribution >= 4 is 17.8 Å². The van der Waals surface area contributed by atoms with Gasteiger partial charge in [0.05, 0.1) is 4.92 Å². The fourth-order valence-electron chi connectivity index (χ4n) is 1.85. The highest BCUT2D eigenvalue weighted by atomic mass is 16.6. The fourth-order valence-corrected chi connectivity index (χ4v) is 1.85. The van der Waals surface area contributed by atoms with Crippen LogP contribution in [0.1, 0.15) is 26.3 Å². The second-order valence-corrected chi connectivity index (χ2v) is 4.22. The van der Waals surface area contributed by atoms with E-state index in [1.165, 1.54) is 24.3 Å². The summed E-state index contributed by atoms with van der Waals surface area (Å²) in [6.07, 6.45) is 0.797. The van der Waals surface area contributed by atoms with E-state index in [1.54, 1.807) is 24.3 Å². The van der Waals surface area contributed by atoms with Gasteiger partial charge in [0.1, 0.15) is 6.29 Å². The Balaban J connectivity index is 2.19. The van der Waals surface area contributed by atoms with Crippen LogP contribution in [0.2, 0.25) is 0 Å². The van der Waals surface area contributed by atoms with E-state index in [4.69, 9.17) is 0 Å². The fraction of sp³-hybridized carbons (Fsp3) is 0.0667. The molecular formula is C15H11NO4. The predicted molar refractivity (Wildman–Crippen MR) is 73.0 cm³/mol. The number of nitro groups is 1. The van der Waals surface area contributed by atoms with E-state index in [2.05, 4.69) is 0 Å². The van der Waals surface area contributed by atoms with Crippen LogP contribution in [0, 0.1) is 10.1 Å². The summed E-state index contributed by atoms with van der Waals surface area (Å²) in [5, 5.41) is 10.5. The van der Waals surface area contributed by atoms with Gasteiger partial charge in [0, 0.05) is 29.7 Å². The van der Waals surface area contributed by atoms with Crippen LogP contribution in [0.5, 0.6) is 0 Å². The first-order chi connectivity index (χ1) is 9.61. The number of nitrogens with zero attached hydrogens (tertiary/aromatic N) is 1. The van der Waals surface area contributed by atoms with Gasteiger partial charge < -0.3 is 0 Å². The molecular weight excluding hydrogens is 258 g/mol. The number of carbonyl (C=O) groups is 2. The number of Topliss-reactive ketones (excluding diaryl/α,β-unsaturated/α-hetero) is 1. The molecule has 0 unspecified atom stereocenters. The second kappa shape index (κ2) is 5.88. The summed E-state index contributed by atoms with van der Waals surface area (Å²) in [6.45, 7) is 0. The van der Waals surface area contributed by atoms with Crippen molar-refractivity contribution in [2.45, 2.75) is 6.42 Å². The Labute approximate surface area is 115 Å². The Morgan fingerprint density at radius 1 is 1.10 bits per heavy atom. The zero-order valence-electron chi connectivity index (χ0n) is 10.5. The van der Waals surface area contributed by atoms with Crippen molar-refractivity contribution < 1.29 is 14.5 Å². The van der Waals surface area contributed by atoms with Gasteiger partial charge in [0.25, 0.3) is 5.69 Å². The summed E-state index contributed by atoms with van der Waals surface area (Å²) < 4.78 is 0. The highest BCUT2D eigenvalue weighted by Crippen LogP contribution is 2.15. The lowest BCUT2D eigenvalue weighted by molar-refractivity contribution is -0.384. The van der Waals surface area contributed by atoms with E-state index in [-0.39, 0.29) is 17.9 Å². The lowest BCUT2D eigenvalue weighted by Gasteiger charge is -2.04. The highest BCUT2D eigenvalue weighted by Gasteiger charge is 2.11. The third-order valence-corrected chi connectivity index (χ3v) is 2.93. The number of nitro benzene ring substituents is 1. The first-order valence-corrected chi connectivity index (χ1v) is 5.92. The van der Waals surface area contributed by atoms with Gasteiger partial charge in [-0.25, -0.2) is 0 Å². The van der Waals surface area contributed by atoms with Crippen LogP contribution in [-0.4, -0.2) is 17.0 Å². The Bertz CT molecular complexity index is 662. The van der Waals surface area contributed by atoms with E-state index in [9.17, 15) is 19.7 Å². The molecule has 2 aromatic rings. The number of hydrogen-bond acceptors (Lipinski definition) is 4. The van der Waals surface area contributed by atoms with Crippen LogP contribution < -0.4 is 0 Å². The average molecular weight is 269 g/mol. The number of rotatable bonds is 5. The molecule has 0 heterocycles. The summed E-state index contributed by atoms with van der Waals surface area (Å²) in [4.78, 5) is 33.0. The minimum atomic E-state index is -0.518. The van der Waals surface area contributed by atoms with Gasteiger partial charge >= 0.3 is 0 Å². The Hall–Kier alpha value is -2.82. The largest absolute Gasteiger partial charge is 0.298 e. The minimum Gasteiger partial charge on any atom is -0.298 e. The van der Waals surface area contributed by atoms with E-state index >= 15 is 0 Å². The van der Waals surface area contributed by atoms with Crippen molar-refractivity contribution in [1.29, 1.82) is 0 Å². The van der Waals surface area contributed by atoms with Crippen molar-refractivity contribution in [3.63, 3.8) is 0 Å². The number of aldehydes is 1. The molecule has 5 nitrogen and oxygen atoms in total. The van der Waals surface area contributed by atoms with E-state index in [0.29, 0.717) is 23.0 Å². The van der Waals surface area contributed by atoms with Crippen LogP contribution in [0.4, 0.5) is 5.69 Å². The Morgan fingerprint density at radius 3 is 2.35 bits per heavy atom. The molecule has 5 heteroatoms. The molecule has 0 bridgehead atoms. The zero-order valence-corrected chi connectivity index (χ0v) is 10.5. The van der Waals surface area contributed by atoms with Crippen LogP contribution in [-0.2, 0) is 6.42 Å². The number of non-ortho nitro benzene ring substituents is 1. The van der Waals surface area contributed by atoms with E-state index in [0.717, 1.165) is 0 Å². The molecule has 2 aromatic carbocycles. The zero-order chi connectivity index (χ0) is 14.5. The highest BCUT2D eigenvalue weighted by molar-refractivity contribution is 5.98. The van der Waals surface area contributed by atoms with Crippen molar-refractivity contribution in [2.24, 2.45) is 0 Å². The monoisotopic (exact) mass is 269 g/mol. The van der Waals surface area contributed by atoms with Gasteiger partial charge in [-0.05, 0) is 17.7 Å². The van der Waals surface area contributed by atoms with Crippen LogP contribution in [0.25, 0.3) is 0 Å². The molecule has 0 radical (unpaired) electrons. The minimum absolute atomic E-state index is 0.0603. The maximum absolute atomic E-state index is 12.1. The summed E-state index contributed by atoms with van der Waals surface area (Å²) in [5.74, 6) is -0.186. The Kier molecular flexibility index (Phi) is 4.00. The van der Waals surface area contributed by atoms with Gasteiger partial charge in [-0.2, -0.15) is 0 Å². The van der Waals surface area contributed by atoms with Crippen LogP contribution >= 0.6 is 0 Å². The normalized spacial score (nSPS) is 10.0. The van der Waals surface area contributed by atoms with Crippen LogP contribution in [0.15, 0.2) is 48.5 Å². The quantitative estimate of drug-likeness (QED) is 0.362. The first kappa shape index (κ1) is 13.6. The Morgan fingerprint density at radius 2 is 1.75 bits per heavy atom. The third-order valence-electron chi connectivity index (χ3n) is 2.93. The molecule has 0 aliphatic heterocycles. The molecule has 0 aromatic heterocycles. The molecule has 0 aliphatic rings. The number of hydrogen-bond donors (Lipinski definition) is 0. The molecule has 0 fully saturated rings. The third kappa shape index (κ3) is 2.95. The van der Waals surface area contributed by atoms with Gasteiger partial charge in [-0.1, -0.05) is 24.3 Å². The molecule has 0 spiro atoms. The lowest BCUT2D eigenvalue weighted by Crippen LogP contribution is -2.05. The van der Waals surface area contributed by atoms with Crippen molar-refractivity contribution in [3.8, 4) is 0 Å². The standard InChI is InChI=1S/C15H11NO4/c17-10-13-4-2-1-3-12(13)9-15(18)11-5-7-14(8-6-11)16(19)20/h1-8,10H,9H2. The van der Waals surface area contributed by atoms with Crippen molar-refractivity contribution in [2.75, 3.05) is 0 Å². The number of benzene rings is 2. The lowest BCUT2D eigenvalue weighted by atomic mass is 9.99. The van der Waals surface area contributed by atoms with Gasteiger partial charge in [-0.3, -0.25) is 19.7 Å². The van der Waals surface area contributed by atoms with Gasteiger partial charge in [0.2, 0.25) is 0 Å². The summed E-state index contributed by atoms with van der Waals surface area (Å²) >= 11 is 0. The maximum Gasteiger partial charge on any atom is 0.269 e. The maximum atomic E-state index is 12.1. The van der Waals surface area contributed by atoms with Gasteiger partial charge in [-0.15, -0.1) is 0 Å². The SMILES string of the molecule is O=Cc1ccccc1CC(=O)c1ccc([N+](=O)[O-])cc1. The smallest absolute Gasteiger partial charge is 0.269 e. The van der Waals surface area contributed by atoms with E-state index in [1.807, 2.05) is 0 Å². The van der Waals surface area contributed by atoms with Crippen LogP contribution in [0.3, 0.4) is 0 Å². The molecule has 0 amide bonds. The number of carbonyl (C=O) groups excluding carboxylic acids is 2. The predicted octanol–water partition coefficient (Wildman–Crippen LogP) is 2.83. The first-order valence-electron chi connectivity index (χ1n) is 5.92. The van der Waals surface area contributed by atoms with Crippen molar-refractivity contribution in [3.05, 3.63) is 75.3 Å². The molecule has 20 heavy (non-hydrogen) atoms. The molecule has 0 saturated carbocycles. The van der Waals surface area contributed by atoms with Crippen molar-refractivity contribution in [1.82, 2.24) is 0 Å². The van der Waals surface area contributed by atoms with Gasteiger partial charge in [0.15, 0.2) is 5.78 Å². The average Bonchev–Trinajstić information content (AvgIpc) is 2.48. The molecule has 2 rings (SSSR count). The summed E-state index contributed by atoms with van der Waals surface area (Å²) in [6, 6.07) is 12.3.